The number of amides is 3. The van der Waals surface area contributed by atoms with Gasteiger partial charge in [-0.3, -0.25) is 19.7 Å². The summed E-state index contributed by atoms with van der Waals surface area (Å²) in [4.78, 5) is 37.8. The van der Waals surface area contributed by atoms with Crippen molar-refractivity contribution in [1.82, 2.24) is 5.32 Å². The van der Waals surface area contributed by atoms with Crippen molar-refractivity contribution >= 4 is 23.4 Å². The van der Waals surface area contributed by atoms with Gasteiger partial charge in [-0.15, -0.1) is 0 Å². The zero-order chi connectivity index (χ0) is 12.3. The van der Waals surface area contributed by atoms with Crippen LogP contribution in [0.3, 0.4) is 0 Å². The van der Waals surface area contributed by atoms with Gasteiger partial charge < -0.3 is 0 Å². The van der Waals surface area contributed by atoms with E-state index in [0.29, 0.717) is 5.57 Å². The van der Waals surface area contributed by atoms with Crippen molar-refractivity contribution in [2.45, 2.75) is 25.7 Å². The number of carbonyl (C=O) groups is 3. The Labute approximate surface area is 98.3 Å². The highest BCUT2D eigenvalue weighted by atomic mass is 16.2. The molecule has 17 heavy (non-hydrogen) atoms. The largest absolute Gasteiger partial charge is 0.291 e. The summed E-state index contributed by atoms with van der Waals surface area (Å²) in [5.41, 5.74) is 0.642. The predicted molar refractivity (Wildman–Crippen MR) is 61.3 cm³/mol. The van der Waals surface area contributed by atoms with E-state index in [9.17, 15) is 14.4 Å². The van der Waals surface area contributed by atoms with E-state index < -0.39 is 11.8 Å². The molecule has 0 radical (unpaired) electrons. The van der Waals surface area contributed by atoms with Gasteiger partial charge in [0, 0.05) is 18.4 Å². The first-order valence-corrected chi connectivity index (χ1v) is 5.49. The molecule has 2 aliphatic rings. The number of piperidine rings is 1. The Bertz CT molecular complexity index is 472. The molecule has 0 aromatic rings. The van der Waals surface area contributed by atoms with Gasteiger partial charge in [-0.05, 0) is 12.8 Å². The van der Waals surface area contributed by atoms with Gasteiger partial charge in [0.25, 0.3) is 11.8 Å². The van der Waals surface area contributed by atoms with Gasteiger partial charge in [0.2, 0.25) is 5.91 Å². The van der Waals surface area contributed by atoms with Crippen LogP contribution in [0.5, 0.6) is 0 Å². The van der Waals surface area contributed by atoms with Crippen LogP contribution in [-0.4, -0.2) is 23.4 Å². The topological polar surface area (TPSA) is 75.6 Å². The van der Waals surface area contributed by atoms with E-state index in [4.69, 9.17) is 0 Å². The van der Waals surface area contributed by atoms with E-state index in [1.54, 1.807) is 12.2 Å². The van der Waals surface area contributed by atoms with E-state index in [-0.39, 0.29) is 24.5 Å². The molecule has 0 spiro atoms. The fourth-order valence-electron chi connectivity index (χ4n) is 1.67. The van der Waals surface area contributed by atoms with Crippen molar-refractivity contribution in [2.75, 3.05) is 0 Å². The van der Waals surface area contributed by atoms with Gasteiger partial charge >= 0.3 is 0 Å². The van der Waals surface area contributed by atoms with Crippen LogP contribution in [0.15, 0.2) is 28.8 Å². The molecule has 1 N–H and O–H groups in total. The molecule has 5 nitrogen and oxygen atoms in total. The molecule has 1 aliphatic carbocycles. The van der Waals surface area contributed by atoms with Crippen LogP contribution in [0.4, 0.5) is 0 Å². The summed E-state index contributed by atoms with van der Waals surface area (Å²) in [6, 6.07) is 0. The van der Waals surface area contributed by atoms with Gasteiger partial charge in [0.05, 0.1) is 0 Å². The maximum absolute atomic E-state index is 11.7. The summed E-state index contributed by atoms with van der Waals surface area (Å²) in [6.07, 6.45) is 7.58. The molecule has 1 saturated heterocycles. The highest BCUT2D eigenvalue weighted by molar-refractivity contribution is 6.44. The maximum atomic E-state index is 11.7. The van der Waals surface area contributed by atoms with Gasteiger partial charge in [-0.2, -0.15) is 0 Å². The molecule has 3 amide bonds. The summed E-state index contributed by atoms with van der Waals surface area (Å²) < 4.78 is 0. The first-order valence-electron chi connectivity index (χ1n) is 5.49. The highest BCUT2D eigenvalue weighted by Crippen LogP contribution is 2.12. The third-order valence-corrected chi connectivity index (χ3v) is 2.58. The van der Waals surface area contributed by atoms with Crippen LogP contribution in [0.1, 0.15) is 25.7 Å². The summed E-state index contributed by atoms with van der Waals surface area (Å²) in [5, 5.41) is 2.14. The van der Waals surface area contributed by atoms with Crippen LogP contribution >= 0.6 is 0 Å². The smallest absolute Gasteiger partial charge is 0.277 e. The fourth-order valence-corrected chi connectivity index (χ4v) is 1.67. The third-order valence-electron chi connectivity index (χ3n) is 2.58. The van der Waals surface area contributed by atoms with Crippen molar-refractivity contribution in [3.63, 3.8) is 0 Å². The summed E-state index contributed by atoms with van der Waals surface area (Å²) in [5.74, 6) is -1.30. The average molecular weight is 232 g/mol. The van der Waals surface area contributed by atoms with Crippen LogP contribution in [0, 0.1) is 0 Å². The number of hydrogen-bond donors (Lipinski definition) is 1. The van der Waals surface area contributed by atoms with E-state index in [0.717, 1.165) is 12.8 Å². The first kappa shape index (κ1) is 11.4. The second kappa shape index (κ2) is 4.86. The Kier molecular flexibility index (Phi) is 3.27. The summed E-state index contributed by atoms with van der Waals surface area (Å²) in [7, 11) is 0. The summed E-state index contributed by atoms with van der Waals surface area (Å²) in [6.45, 7) is 0. The number of hydrogen-bond acceptors (Lipinski definition) is 3. The zero-order valence-corrected chi connectivity index (χ0v) is 9.23. The number of rotatable bonds is 1. The number of carbonyl (C=O) groups excluding carboxylic acids is 3. The monoisotopic (exact) mass is 232 g/mol. The Hall–Kier alpha value is -2.04. The lowest BCUT2D eigenvalue weighted by Gasteiger charge is -2.12. The number of imide groups is 1. The first-order chi connectivity index (χ1) is 8.16. The van der Waals surface area contributed by atoms with E-state index in [2.05, 4.69) is 10.3 Å². The van der Waals surface area contributed by atoms with Crippen LogP contribution in [0.25, 0.3) is 0 Å². The number of nitrogens with one attached hydrogen (secondary N) is 1. The maximum Gasteiger partial charge on any atom is 0.277 e. The molecular weight excluding hydrogens is 220 g/mol. The number of allylic oxidation sites excluding steroid dienone is 2. The van der Waals surface area contributed by atoms with E-state index in [1.165, 1.54) is 0 Å². The highest BCUT2D eigenvalue weighted by Gasteiger charge is 2.23. The van der Waals surface area contributed by atoms with Crippen molar-refractivity contribution < 1.29 is 14.4 Å². The van der Waals surface area contributed by atoms with Crippen molar-refractivity contribution in [3.8, 4) is 0 Å². The van der Waals surface area contributed by atoms with Gasteiger partial charge in [-0.1, -0.05) is 18.2 Å². The SMILES string of the molecule is O=C1CCC(=NC(=O)C2=CCCC=C2)C(=O)N1. The normalized spacial score (nSPS) is 22.4. The van der Waals surface area contributed by atoms with Gasteiger partial charge in [0.15, 0.2) is 0 Å². The molecule has 0 saturated carbocycles. The Morgan fingerprint density at radius 2 is 2.06 bits per heavy atom. The molecule has 88 valence electrons. The fraction of sp³-hybridized carbons (Fsp3) is 0.333. The minimum absolute atomic E-state index is 0.134. The molecule has 5 heteroatoms. The Morgan fingerprint density at radius 3 is 2.71 bits per heavy atom. The second-order valence-electron chi connectivity index (χ2n) is 3.88. The van der Waals surface area contributed by atoms with Gasteiger partial charge in [-0.25, -0.2) is 4.99 Å². The molecular formula is C12H12N2O3. The average Bonchev–Trinajstić information content (AvgIpc) is 2.34. The van der Waals surface area contributed by atoms with Crippen molar-refractivity contribution in [2.24, 2.45) is 4.99 Å². The molecule has 0 aromatic heterocycles. The minimum atomic E-state index is -0.560. The molecule has 0 aromatic carbocycles. The lowest BCUT2D eigenvalue weighted by Crippen LogP contribution is -2.41. The second-order valence-corrected chi connectivity index (χ2v) is 3.88. The summed E-state index contributed by atoms with van der Waals surface area (Å²) >= 11 is 0. The lowest BCUT2D eigenvalue weighted by molar-refractivity contribution is -0.128. The zero-order valence-electron chi connectivity index (χ0n) is 9.23. The quantitative estimate of drug-likeness (QED) is 0.675. The van der Waals surface area contributed by atoms with Crippen LogP contribution < -0.4 is 5.32 Å². The van der Waals surface area contributed by atoms with Gasteiger partial charge in [0.1, 0.15) is 5.71 Å². The standard InChI is InChI=1S/C12H12N2O3/c15-10-7-6-9(12(17)14-10)13-11(16)8-4-2-1-3-5-8/h2,4-5H,1,3,6-7H2,(H,14,15,17). The molecule has 0 unspecified atom stereocenters. The van der Waals surface area contributed by atoms with Crippen LogP contribution in [0.2, 0.25) is 0 Å². The molecule has 1 aliphatic heterocycles. The molecule has 0 bridgehead atoms. The van der Waals surface area contributed by atoms with Crippen molar-refractivity contribution in [3.05, 3.63) is 23.8 Å². The van der Waals surface area contributed by atoms with Crippen LogP contribution in [-0.2, 0) is 14.4 Å². The number of nitrogens with zero attached hydrogens (tertiary/aromatic N) is 1. The molecule has 1 fully saturated rings. The molecule has 0 atom stereocenters. The van der Waals surface area contributed by atoms with E-state index >= 15 is 0 Å². The minimum Gasteiger partial charge on any atom is -0.291 e. The van der Waals surface area contributed by atoms with Crippen molar-refractivity contribution in [1.29, 1.82) is 0 Å². The Morgan fingerprint density at radius 1 is 1.24 bits per heavy atom. The molecule has 2 rings (SSSR count). The third kappa shape index (κ3) is 2.75. The Balaban J connectivity index is 2.11. The molecule has 1 heterocycles. The lowest BCUT2D eigenvalue weighted by atomic mass is 10.1. The van der Waals surface area contributed by atoms with E-state index in [1.807, 2.05) is 6.08 Å². The number of aliphatic imine (C=N–C) groups is 1. The predicted octanol–water partition coefficient (Wildman–Crippen LogP) is 0.667.